The second-order valence-electron chi connectivity index (χ2n) is 6.60. The normalized spacial score (nSPS) is 26.0. The van der Waals surface area contributed by atoms with Crippen molar-refractivity contribution in [1.82, 2.24) is 20.0 Å². The Bertz CT molecular complexity index is 744. The second kappa shape index (κ2) is 6.60. The highest BCUT2D eigenvalue weighted by Crippen LogP contribution is 2.28. The Labute approximate surface area is 142 Å². The summed E-state index contributed by atoms with van der Waals surface area (Å²) in [6.45, 7) is 5.93. The molecule has 24 heavy (non-hydrogen) atoms. The molecule has 0 aromatic carbocycles. The second-order valence-corrected chi connectivity index (χ2v) is 8.75. The summed E-state index contributed by atoms with van der Waals surface area (Å²) >= 11 is 0. The Hall–Kier alpha value is -1.80. The van der Waals surface area contributed by atoms with Crippen molar-refractivity contribution in [2.45, 2.75) is 25.9 Å². The summed E-state index contributed by atoms with van der Waals surface area (Å²) in [4.78, 5) is 16.6. The zero-order valence-electron chi connectivity index (χ0n) is 13.9. The summed E-state index contributed by atoms with van der Waals surface area (Å²) in [5.41, 5.74) is 1.46. The highest BCUT2D eigenvalue weighted by atomic mass is 32.2. The van der Waals surface area contributed by atoms with Crippen molar-refractivity contribution >= 4 is 15.7 Å². The molecule has 0 N–H and O–H groups in total. The fraction of sp³-hybridized carbons (Fsp3) is 0.562. The first kappa shape index (κ1) is 17.0. The molecule has 1 aromatic heterocycles. The van der Waals surface area contributed by atoms with Crippen LogP contribution in [0.15, 0.2) is 30.0 Å². The van der Waals surface area contributed by atoms with Gasteiger partial charge in [-0.15, -0.1) is 5.10 Å². The number of allylic oxidation sites excluding steroid dienone is 1. The molecule has 3 heterocycles. The minimum atomic E-state index is -3.14. The van der Waals surface area contributed by atoms with E-state index in [1.54, 1.807) is 17.0 Å². The highest BCUT2D eigenvalue weighted by molar-refractivity contribution is 7.91. The molecule has 0 radical (unpaired) electrons. The summed E-state index contributed by atoms with van der Waals surface area (Å²) in [6, 6.07) is 2.81. The maximum absolute atomic E-state index is 12.7. The van der Waals surface area contributed by atoms with Crippen molar-refractivity contribution in [3.05, 3.63) is 35.7 Å². The van der Waals surface area contributed by atoms with E-state index >= 15 is 0 Å². The number of fused-ring (bicyclic) bond motifs is 1. The maximum Gasteiger partial charge on any atom is 0.274 e. The van der Waals surface area contributed by atoms with Gasteiger partial charge in [-0.2, -0.15) is 5.10 Å². The van der Waals surface area contributed by atoms with Gasteiger partial charge in [-0.25, -0.2) is 8.42 Å². The first-order valence-corrected chi connectivity index (χ1v) is 9.86. The van der Waals surface area contributed by atoms with Gasteiger partial charge in [0.15, 0.2) is 15.5 Å². The molecule has 1 aromatic rings. The van der Waals surface area contributed by atoms with Crippen LogP contribution in [-0.4, -0.2) is 77.5 Å². The largest absolute Gasteiger partial charge is 0.330 e. The number of nitrogens with zero attached hydrogens (tertiary/aromatic N) is 4. The molecule has 0 spiro atoms. The van der Waals surface area contributed by atoms with E-state index in [1.165, 1.54) is 11.8 Å². The van der Waals surface area contributed by atoms with Gasteiger partial charge >= 0.3 is 0 Å². The van der Waals surface area contributed by atoms with Crippen LogP contribution in [0.1, 0.15) is 24.3 Å². The van der Waals surface area contributed by atoms with Crippen LogP contribution in [0.4, 0.5) is 0 Å². The zero-order chi connectivity index (χ0) is 17.3. The molecule has 2 fully saturated rings. The number of amides is 1. The quantitative estimate of drug-likeness (QED) is 0.732. The Kier molecular flexibility index (Phi) is 4.69. The summed E-state index contributed by atoms with van der Waals surface area (Å²) in [5.74, 6) is -0.106. The lowest BCUT2D eigenvalue weighted by Crippen LogP contribution is -2.60. The minimum absolute atomic E-state index is 0.0228. The molecule has 8 heteroatoms. The minimum Gasteiger partial charge on any atom is -0.330 e. The number of piperazine rings is 1. The van der Waals surface area contributed by atoms with Crippen molar-refractivity contribution in [2.24, 2.45) is 0 Å². The van der Waals surface area contributed by atoms with E-state index in [9.17, 15) is 13.2 Å². The van der Waals surface area contributed by atoms with Crippen molar-refractivity contribution in [1.29, 1.82) is 0 Å². The van der Waals surface area contributed by atoms with Crippen LogP contribution in [0.5, 0.6) is 0 Å². The van der Waals surface area contributed by atoms with Crippen LogP contribution in [-0.2, 0) is 9.84 Å². The number of carbonyl (C=O) groups is 1. The number of aromatic nitrogens is 2. The third-order valence-corrected chi connectivity index (χ3v) is 6.28. The van der Waals surface area contributed by atoms with E-state index in [0.29, 0.717) is 19.6 Å². The number of rotatable bonds is 3. The SMILES string of the molecule is CC(C)=CCN1CCN(C(=O)c2cccnn2)[C@H]2CS(=O)(=O)C[C@H]21. The Balaban J connectivity index is 1.84. The molecule has 2 aliphatic rings. The average molecular weight is 350 g/mol. The summed E-state index contributed by atoms with van der Waals surface area (Å²) in [5, 5.41) is 7.61. The lowest BCUT2D eigenvalue weighted by Gasteiger charge is -2.43. The molecule has 0 saturated carbocycles. The molecule has 2 atom stereocenters. The molecule has 0 bridgehead atoms. The van der Waals surface area contributed by atoms with Gasteiger partial charge < -0.3 is 4.90 Å². The standard InChI is InChI=1S/C16H22N4O3S/c1-12(2)5-7-19-8-9-20(15-11-24(22,23)10-14(15)19)16(21)13-4-3-6-17-18-13/h3-6,14-15H,7-11H2,1-2H3/t14-,15+/m1/s1. The number of carbonyl (C=O) groups excluding carboxylic acids is 1. The van der Waals surface area contributed by atoms with Gasteiger partial charge in [-0.05, 0) is 26.0 Å². The van der Waals surface area contributed by atoms with Gasteiger partial charge in [-0.1, -0.05) is 11.6 Å². The fourth-order valence-corrected chi connectivity index (χ4v) is 5.38. The smallest absolute Gasteiger partial charge is 0.274 e. The number of sulfone groups is 1. The lowest BCUT2D eigenvalue weighted by atomic mass is 10.0. The van der Waals surface area contributed by atoms with E-state index in [-0.39, 0.29) is 35.2 Å². The molecular formula is C16H22N4O3S. The van der Waals surface area contributed by atoms with Gasteiger partial charge in [0.2, 0.25) is 0 Å². The van der Waals surface area contributed by atoms with Crippen LogP contribution in [0.25, 0.3) is 0 Å². The van der Waals surface area contributed by atoms with Gasteiger partial charge in [0, 0.05) is 31.9 Å². The first-order valence-electron chi connectivity index (χ1n) is 8.04. The molecule has 130 valence electrons. The van der Waals surface area contributed by atoms with Crippen LogP contribution in [0, 0.1) is 0 Å². The maximum atomic E-state index is 12.7. The molecule has 7 nitrogen and oxygen atoms in total. The van der Waals surface area contributed by atoms with Gasteiger partial charge in [0.25, 0.3) is 5.91 Å². The summed E-state index contributed by atoms with van der Waals surface area (Å²) in [6.07, 6.45) is 3.61. The monoisotopic (exact) mass is 350 g/mol. The van der Waals surface area contributed by atoms with Crippen molar-refractivity contribution in [3.63, 3.8) is 0 Å². The Morgan fingerprint density at radius 3 is 2.71 bits per heavy atom. The van der Waals surface area contributed by atoms with Crippen molar-refractivity contribution in [2.75, 3.05) is 31.1 Å². The molecule has 0 unspecified atom stereocenters. The third-order valence-electron chi connectivity index (χ3n) is 4.58. The topological polar surface area (TPSA) is 83.5 Å². The predicted molar refractivity (Wildman–Crippen MR) is 90.3 cm³/mol. The number of hydrogen-bond acceptors (Lipinski definition) is 6. The predicted octanol–water partition coefficient (Wildman–Crippen LogP) is 0.366. The van der Waals surface area contributed by atoms with Crippen molar-refractivity contribution < 1.29 is 13.2 Å². The Morgan fingerprint density at radius 1 is 1.29 bits per heavy atom. The van der Waals surface area contributed by atoms with Crippen LogP contribution in [0.2, 0.25) is 0 Å². The van der Waals surface area contributed by atoms with E-state index in [2.05, 4.69) is 21.2 Å². The third kappa shape index (κ3) is 3.49. The van der Waals surface area contributed by atoms with E-state index in [0.717, 1.165) is 0 Å². The van der Waals surface area contributed by atoms with Crippen LogP contribution >= 0.6 is 0 Å². The lowest BCUT2D eigenvalue weighted by molar-refractivity contribution is 0.0362. The highest BCUT2D eigenvalue weighted by Gasteiger charge is 2.48. The molecule has 2 saturated heterocycles. The van der Waals surface area contributed by atoms with Crippen molar-refractivity contribution in [3.8, 4) is 0 Å². The van der Waals surface area contributed by atoms with Gasteiger partial charge in [0.05, 0.1) is 17.5 Å². The molecule has 0 aliphatic carbocycles. The van der Waals surface area contributed by atoms with Gasteiger partial charge in [0.1, 0.15) is 0 Å². The van der Waals surface area contributed by atoms with E-state index in [1.807, 2.05) is 13.8 Å². The average Bonchev–Trinajstić information content (AvgIpc) is 2.87. The van der Waals surface area contributed by atoms with Crippen LogP contribution < -0.4 is 0 Å². The number of hydrogen-bond donors (Lipinski definition) is 0. The van der Waals surface area contributed by atoms with Crippen LogP contribution in [0.3, 0.4) is 0 Å². The molecule has 1 amide bonds. The molecular weight excluding hydrogens is 328 g/mol. The van der Waals surface area contributed by atoms with E-state index < -0.39 is 9.84 Å². The fourth-order valence-electron chi connectivity index (χ4n) is 3.37. The molecule has 2 aliphatic heterocycles. The molecule has 3 rings (SSSR count). The zero-order valence-corrected chi connectivity index (χ0v) is 14.7. The summed E-state index contributed by atoms with van der Waals surface area (Å²) < 4.78 is 24.4. The van der Waals surface area contributed by atoms with E-state index in [4.69, 9.17) is 0 Å². The summed E-state index contributed by atoms with van der Waals surface area (Å²) in [7, 11) is -3.14. The van der Waals surface area contributed by atoms with Gasteiger partial charge in [-0.3, -0.25) is 9.69 Å². The Morgan fingerprint density at radius 2 is 2.04 bits per heavy atom. The first-order chi connectivity index (χ1) is 11.4.